The fourth-order valence-corrected chi connectivity index (χ4v) is 3.49. The molecule has 0 radical (unpaired) electrons. The van der Waals surface area contributed by atoms with E-state index in [1.54, 1.807) is 11.3 Å². The zero-order valence-electron chi connectivity index (χ0n) is 12.1. The van der Waals surface area contributed by atoms with Gasteiger partial charge < -0.3 is 5.32 Å². The van der Waals surface area contributed by atoms with Crippen molar-refractivity contribution in [3.8, 4) is 0 Å². The van der Waals surface area contributed by atoms with Crippen molar-refractivity contribution >= 4 is 29.7 Å². The minimum absolute atomic E-state index is 0. The standard InChI is InChI=1S/C15H24N2OS.ClH/c1-2-15(18)16-12-13(14-8-7-11-19-14)17-9-5-3-4-6-10-17;/h7-8,11,13H,2-6,9-10,12H2,1H3,(H,16,18);1H. The molecule has 1 fully saturated rings. The Morgan fingerprint density at radius 1 is 1.35 bits per heavy atom. The molecule has 1 aliphatic heterocycles. The summed E-state index contributed by atoms with van der Waals surface area (Å²) in [6, 6.07) is 4.65. The molecular formula is C15H25ClN2OS. The van der Waals surface area contributed by atoms with E-state index in [2.05, 4.69) is 27.7 Å². The van der Waals surface area contributed by atoms with E-state index in [1.807, 2.05) is 6.92 Å². The number of amides is 1. The molecule has 0 spiro atoms. The Kier molecular flexibility index (Phi) is 8.19. The van der Waals surface area contributed by atoms with Gasteiger partial charge in [0.25, 0.3) is 0 Å². The van der Waals surface area contributed by atoms with Crippen LogP contribution in [-0.2, 0) is 4.79 Å². The summed E-state index contributed by atoms with van der Waals surface area (Å²) in [6.07, 6.45) is 5.81. The molecule has 1 aromatic rings. The van der Waals surface area contributed by atoms with Crippen LogP contribution in [0, 0.1) is 0 Å². The second-order valence-corrected chi connectivity index (χ2v) is 6.12. The average Bonchev–Trinajstić information content (AvgIpc) is 2.82. The van der Waals surface area contributed by atoms with Crippen LogP contribution in [0.25, 0.3) is 0 Å². The molecule has 1 N–H and O–H groups in total. The summed E-state index contributed by atoms with van der Waals surface area (Å²) in [6.45, 7) is 4.96. The summed E-state index contributed by atoms with van der Waals surface area (Å²) in [5, 5.41) is 5.19. The van der Waals surface area contributed by atoms with Crippen LogP contribution in [-0.4, -0.2) is 30.4 Å². The zero-order valence-corrected chi connectivity index (χ0v) is 13.8. The van der Waals surface area contributed by atoms with E-state index in [-0.39, 0.29) is 18.3 Å². The quantitative estimate of drug-likeness (QED) is 0.900. The van der Waals surface area contributed by atoms with E-state index in [0.717, 1.165) is 19.6 Å². The molecule has 1 amide bonds. The lowest BCUT2D eigenvalue weighted by molar-refractivity contribution is -0.121. The van der Waals surface area contributed by atoms with Crippen molar-refractivity contribution < 1.29 is 4.79 Å². The van der Waals surface area contributed by atoms with Crippen molar-refractivity contribution in [1.29, 1.82) is 0 Å². The van der Waals surface area contributed by atoms with Crippen molar-refractivity contribution in [2.75, 3.05) is 19.6 Å². The summed E-state index contributed by atoms with van der Waals surface area (Å²) >= 11 is 1.80. The molecule has 0 aromatic carbocycles. The molecule has 20 heavy (non-hydrogen) atoms. The predicted octanol–water partition coefficient (Wildman–Crippen LogP) is 3.61. The number of nitrogens with zero attached hydrogens (tertiary/aromatic N) is 1. The Hall–Kier alpha value is -0.580. The van der Waals surface area contributed by atoms with Gasteiger partial charge in [0, 0.05) is 17.8 Å². The number of hydrogen-bond acceptors (Lipinski definition) is 3. The molecule has 5 heteroatoms. The fourth-order valence-electron chi connectivity index (χ4n) is 2.63. The molecule has 114 valence electrons. The Labute approximate surface area is 132 Å². The van der Waals surface area contributed by atoms with Gasteiger partial charge >= 0.3 is 0 Å². The summed E-state index contributed by atoms with van der Waals surface area (Å²) in [5.41, 5.74) is 0. The Bertz CT molecular complexity index is 375. The van der Waals surface area contributed by atoms with Gasteiger partial charge in [0.05, 0.1) is 6.04 Å². The van der Waals surface area contributed by atoms with Crippen LogP contribution in [0.4, 0.5) is 0 Å². The maximum Gasteiger partial charge on any atom is 0.219 e. The van der Waals surface area contributed by atoms with Gasteiger partial charge in [0.2, 0.25) is 5.91 Å². The number of carbonyl (C=O) groups excluding carboxylic acids is 1. The van der Waals surface area contributed by atoms with Crippen molar-refractivity contribution in [3.63, 3.8) is 0 Å². The van der Waals surface area contributed by atoms with Gasteiger partial charge in [0.1, 0.15) is 0 Å². The number of halogens is 1. The van der Waals surface area contributed by atoms with E-state index in [0.29, 0.717) is 12.5 Å². The molecule has 2 heterocycles. The van der Waals surface area contributed by atoms with E-state index >= 15 is 0 Å². The smallest absolute Gasteiger partial charge is 0.219 e. The summed E-state index contributed by atoms with van der Waals surface area (Å²) in [7, 11) is 0. The van der Waals surface area contributed by atoms with Crippen molar-refractivity contribution in [2.45, 2.75) is 45.1 Å². The monoisotopic (exact) mass is 316 g/mol. The molecule has 1 unspecified atom stereocenters. The van der Waals surface area contributed by atoms with E-state index in [4.69, 9.17) is 0 Å². The van der Waals surface area contributed by atoms with Gasteiger partial charge in [-0.25, -0.2) is 0 Å². The van der Waals surface area contributed by atoms with Crippen molar-refractivity contribution in [1.82, 2.24) is 10.2 Å². The number of rotatable bonds is 5. The molecule has 0 bridgehead atoms. The van der Waals surface area contributed by atoms with Gasteiger partial charge in [-0.2, -0.15) is 0 Å². The van der Waals surface area contributed by atoms with Crippen molar-refractivity contribution in [3.05, 3.63) is 22.4 Å². The maximum absolute atomic E-state index is 11.5. The van der Waals surface area contributed by atoms with Gasteiger partial charge in [-0.1, -0.05) is 25.8 Å². The molecule has 0 aliphatic carbocycles. The second kappa shape index (κ2) is 9.37. The first kappa shape index (κ1) is 17.5. The Morgan fingerprint density at radius 3 is 2.60 bits per heavy atom. The van der Waals surface area contributed by atoms with Crippen LogP contribution in [0.5, 0.6) is 0 Å². The van der Waals surface area contributed by atoms with Crippen LogP contribution in [0.3, 0.4) is 0 Å². The lowest BCUT2D eigenvalue weighted by Gasteiger charge is -2.30. The van der Waals surface area contributed by atoms with E-state index < -0.39 is 0 Å². The normalized spacial score (nSPS) is 17.9. The van der Waals surface area contributed by atoms with Crippen LogP contribution in [0.15, 0.2) is 17.5 Å². The molecule has 2 rings (SSSR count). The minimum atomic E-state index is 0. The van der Waals surface area contributed by atoms with Gasteiger partial charge in [0.15, 0.2) is 0 Å². The number of nitrogens with one attached hydrogen (secondary N) is 1. The van der Waals surface area contributed by atoms with Crippen LogP contribution < -0.4 is 5.32 Å². The van der Waals surface area contributed by atoms with Gasteiger partial charge in [-0.3, -0.25) is 9.69 Å². The predicted molar refractivity (Wildman–Crippen MR) is 87.6 cm³/mol. The summed E-state index contributed by atoms with van der Waals surface area (Å²) in [4.78, 5) is 15.4. The first-order valence-electron chi connectivity index (χ1n) is 7.35. The van der Waals surface area contributed by atoms with Gasteiger partial charge in [-0.05, 0) is 37.4 Å². The van der Waals surface area contributed by atoms with E-state index in [1.165, 1.54) is 30.6 Å². The number of likely N-dealkylation sites (tertiary alicyclic amines) is 1. The highest BCUT2D eigenvalue weighted by atomic mass is 35.5. The number of thiophene rings is 1. The molecule has 1 atom stereocenters. The zero-order chi connectivity index (χ0) is 13.5. The third-order valence-corrected chi connectivity index (χ3v) is 4.74. The first-order chi connectivity index (χ1) is 9.31. The highest BCUT2D eigenvalue weighted by Crippen LogP contribution is 2.27. The topological polar surface area (TPSA) is 32.3 Å². The minimum Gasteiger partial charge on any atom is -0.354 e. The second-order valence-electron chi connectivity index (χ2n) is 5.14. The average molecular weight is 317 g/mol. The third-order valence-electron chi connectivity index (χ3n) is 3.77. The Morgan fingerprint density at radius 2 is 2.05 bits per heavy atom. The largest absolute Gasteiger partial charge is 0.354 e. The van der Waals surface area contributed by atoms with E-state index in [9.17, 15) is 4.79 Å². The molecule has 1 aromatic heterocycles. The third kappa shape index (κ3) is 5.08. The van der Waals surface area contributed by atoms with Crippen LogP contribution >= 0.6 is 23.7 Å². The first-order valence-corrected chi connectivity index (χ1v) is 8.23. The SMILES string of the molecule is CCC(=O)NCC(c1cccs1)N1CCCCCC1.Cl. The fraction of sp³-hybridized carbons (Fsp3) is 0.667. The van der Waals surface area contributed by atoms with Gasteiger partial charge in [-0.15, -0.1) is 23.7 Å². The number of hydrogen-bond donors (Lipinski definition) is 1. The van der Waals surface area contributed by atoms with Crippen LogP contribution in [0.2, 0.25) is 0 Å². The highest BCUT2D eigenvalue weighted by molar-refractivity contribution is 7.10. The maximum atomic E-state index is 11.5. The van der Waals surface area contributed by atoms with Crippen LogP contribution in [0.1, 0.15) is 49.9 Å². The summed E-state index contributed by atoms with van der Waals surface area (Å²) < 4.78 is 0. The highest BCUT2D eigenvalue weighted by Gasteiger charge is 2.22. The molecule has 1 saturated heterocycles. The number of carbonyl (C=O) groups is 1. The molecule has 1 aliphatic rings. The molecule has 0 saturated carbocycles. The summed E-state index contributed by atoms with van der Waals surface area (Å²) in [5.74, 6) is 0.149. The lowest BCUT2D eigenvalue weighted by atomic mass is 10.2. The lowest BCUT2D eigenvalue weighted by Crippen LogP contribution is -2.38. The molecular weight excluding hydrogens is 292 g/mol. The van der Waals surface area contributed by atoms with Crippen molar-refractivity contribution in [2.24, 2.45) is 0 Å². The Balaban J connectivity index is 0.00000200. The molecule has 3 nitrogen and oxygen atoms in total.